The smallest absolute Gasteiger partial charge is 0.310 e. The lowest BCUT2D eigenvalue weighted by Gasteiger charge is -2.40. The van der Waals surface area contributed by atoms with E-state index in [1.807, 2.05) is 13.1 Å². The molecule has 0 spiro atoms. The largest absolute Gasteiger partial charge is 0.379 e. The normalized spacial score (nSPS) is 21.6. The molecule has 2 heterocycles. The SMILES string of the molecule is CC(CNC1CCCC1)NC(=O)C(c1cccnc1)N(C)c1ccc(S(F)(F)(F)(F)F)cc1.COC1CC(C=O)N(C#N)C1. The van der Waals surface area contributed by atoms with Crippen LogP contribution in [0.3, 0.4) is 0 Å². The second kappa shape index (κ2) is 13.7. The lowest BCUT2D eigenvalue weighted by molar-refractivity contribution is -0.123. The second-order valence-electron chi connectivity index (χ2n) is 11.1. The number of carbonyl (C=O) groups excluding carboxylic acids is 2. The minimum Gasteiger partial charge on any atom is -0.379 e. The van der Waals surface area contributed by atoms with Crippen molar-refractivity contribution in [2.45, 2.75) is 74.2 Å². The van der Waals surface area contributed by atoms with E-state index in [2.05, 4.69) is 15.6 Å². The average Bonchev–Trinajstić information content (AvgIpc) is 3.65. The standard InChI is InChI=1S/C22H29F5N4OS.C7H10N2O2/c1-16(14-29-18-7-3-4-8-18)30-22(32)21(17-6-5-13-28-15-17)31(2)19-9-11-20(12-10-19)33(23,24,25,26)27;1-11-7-2-6(4-10)9(3-7)5-8/h5-6,9-13,15-16,18,21,29H,3-4,7-8,14H2,1-2H3,(H,30,32);4,6-7H,2-3H2,1H3. The molecule has 2 aromatic rings. The van der Waals surface area contributed by atoms with Crippen molar-refractivity contribution < 1.29 is 33.8 Å². The number of amides is 1. The number of methoxy groups -OCH3 is 1. The summed E-state index contributed by atoms with van der Waals surface area (Å²) in [6.07, 6.45) is 11.0. The number of hydrogen-bond donors (Lipinski definition) is 2. The number of aromatic nitrogens is 1. The Morgan fingerprint density at radius 2 is 1.86 bits per heavy atom. The van der Waals surface area contributed by atoms with Crippen molar-refractivity contribution >= 4 is 28.1 Å². The second-order valence-corrected chi connectivity index (χ2v) is 13.5. The van der Waals surface area contributed by atoms with Gasteiger partial charge in [-0.1, -0.05) is 38.3 Å². The van der Waals surface area contributed by atoms with Gasteiger partial charge < -0.3 is 25.1 Å². The molecule has 1 saturated carbocycles. The van der Waals surface area contributed by atoms with Crippen LogP contribution in [0.1, 0.15) is 50.6 Å². The van der Waals surface area contributed by atoms with E-state index < -0.39 is 21.2 Å². The molecule has 1 saturated heterocycles. The highest BCUT2D eigenvalue weighted by Gasteiger charge is 2.65. The van der Waals surface area contributed by atoms with Crippen LogP contribution in [0.25, 0.3) is 0 Å². The highest BCUT2D eigenvalue weighted by Crippen LogP contribution is 3.02. The van der Waals surface area contributed by atoms with Crippen molar-refractivity contribution in [2.24, 2.45) is 0 Å². The summed E-state index contributed by atoms with van der Waals surface area (Å²) < 4.78 is 70.4. The van der Waals surface area contributed by atoms with Gasteiger partial charge in [0.05, 0.1) is 18.7 Å². The van der Waals surface area contributed by atoms with E-state index in [-0.39, 0.29) is 29.8 Å². The number of rotatable bonds is 11. The van der Waals surface area contributed by atoms with E-state index in [0.29, 0.717) is 43.2 Å². The minimum atomic E-state index is -9.77. The summed E-state index contributed by atoms with van der Waals surface area (Å²) in [6.45, 7) is 2.98. The van der Waals surface area contributed by atoms with Crippen molar-refractivity contribution in [1.29, 1.82) is 5.26 Å². The van der Waals surface area contributed by atoms with Gasteiger partial charge in [0.1, 0.15) is 17.2 Å². The van der Waals surface area contributed by atoms with Crippen molar-refractivity contribution in [3.8, 4) is 6.19 Å². The van der Waals surface area contributed by atoms with E-state index >= 15 is 0 Å². The van der Waals surface area contributed by atoms with E-state index in [4.69, 9.17) is 10.00 Å². The number of halogens is 5. The lowest BCUT2D eigenvalue weighted by Crippen LogP contribution is -2.47. The Hall–Kier alpha value is -3.48. The fourth-order valence-electron chi connectivity index (χ4n) is 5.26. The summed E-state index contributed by atoms with van der Waals surface area (Å²) in [5.74, 6) is -0.372. The fourth-order valence-corrected chi connectivity index (χ4v) is 5.91. The zero-order valence-electron chi connectivity index (χ0n) is 24.8. The van der Waals surface area contributed by atoms with Crippen LogP contribution >= 0.6 is 10.2 Å². The molecule has 0 bridgehead atoms. The molecule has 44 heavy (non-hydrogen) atoms. The van der Waals surface area contributed by atoms with E-state index in [1.54, 1.807) is 19.2 Å². The quantitative estimate of drug-likeness (QED) is 0.182. The van der Waals surface area contributed by atoms with Crippen LogP contribution in [0.2, 0.25) is 0 Å². The van der Waals surface area contributed by atoms with E-state index in [0.717, 1.165) is 31.3 Å². The molecule has 1 aromatic heterocycles. The van der Waals surface area contributed by atoms with Crippen molar-refractivity contribution in [2.75, 3.05) is 32.1 Å². The first-order valence-electron chi connectivity index (χ1n) is 14.2. The number of pyridine rings is 1. The summed E-state index contributed by atoms with van der Waals surface area (Å²) in [5, 5.41) is 14.9. The zero-order chi connectivity index (χ0) is 32.6. The number of hydrogen-bond acceptors (Lipinski definition) is 8. The number of nitrogens with zero attached hydrogens (tertiary/aromatic N) is 4. The van der Waals surface area contributed by atoms with Gasteiger partial charge in [-0.2, -0.15) is 5.26 Å². The third kappa shape index (κ3) is 9.76. The van der Waals surface area contributed by atoms with Gasteiger partial charge in [0.25, 0.3) is 0 Å². The van der Waals surface area contributed by atoms with Gasteiger partial charge in [0.2, 0.25) is 5.91 Å². The lowest BCUT2D eigenvalue weighted by atomic mass is 10.1. The highest BCUT2D eigenvalue weighted by atomic mass is 32.5. The number of anilines is 1. The molecule has 1 aromatic carbocycles. The molecule has 1 amide bonds. The molecular formula is C29H39F5N6O3S. The van der Waals surface area contributed by atoms with Crippen LogP contribution in [-0.4, -0.2) is 73.6 Å². The number of likely N-dealkylation sites (tertiary alicyclic amines) is 1. The predicted molar refractivity (Wildman–Crippen MR) is 159 cm³/mol. The molecule has 4 unspecified atom stereocenters. The summed E-state index contributed by atoms with van der Waals surface area (Å²) in [7, 11) is -6.66. The Labute approximate surface area is 254 Å². The van der Waals surface area contributed by atoms with Crippen LogP contribution in [0, 0.1) is 11.5 Å². The molecule has 15 heteroatoms. The van der Waals surface area contributed by atoms with Gasteiger partial charge >= 0.3 is 10.2 Å². The zero-order valence-corrected chi connectivity index (χ0v) is 25.7. The molecular weight excluding hydrogens is 607 g/mol. The van der Waals surface area contributed by atoms with Crippen molar-refractivity contribution in [3.63, 3.8) is 0 Å². The first-order chi connectivity index (χ1) is 20.6. The van der Waals surface area contributed by atoms with Crippen LogP contribution in [0.5, 0.6) is 0 Å². The predicted octanol–water partition coefficient (Wildman–Crippen LogP) is 5.71. The molecule has 4 rings (SSSR count). The number of nitriles is 1. The van der Waals surface area contributed by atoms with E-state index in [9.17, 15) is 29.0 Å². The molecule has 2 fully saturated rings. The van der Waals surface area contributed by atoms with Crippen LogP contribution in [0.4, 0.5) is 25.1 Å². The first kappa shape index (κ1) is 35.0. The summed E-state index contributed by atoms with van der Waals surface area (Å²) in [5.41, 5.74) is 0.701. The number of benzene rings is 1. The Bertz CT molecular complexity index is 1290. The van der Waals surface area contributed by atoms with Crippen LogP contribution < -0.4 is 15.5 Å². The van der Waals surface area contributed by atoms with Crippen molar-refractivity contribution in [3.05, 3.63) is 54.4 Å². The monoisotopic (exact) mass is 646 g/mol. The topological polar surface area (TPSA) is 111 Å². The van der Waals surface area contributed by atoms with E-state index in [1.165, 1.54) is 42.1 Å². The molecule has 0 radical (unpaired) electrons. The Morgan fingerprint density at radius 1 is 1.20 bits per heavy atom. The van der Waals surface area contributed by atoms with Crippen LogP contribution in [-0.2, 0) is 14.3 Å². The maximum atomic E-state index is 13.2. The number of nitrogens with one attached hydrogen (secondary N) is 2. The minimum absolute atomic E-state index is 0.0323. The molecule has 9 nitrogen and oxygen atoms in total. The van der Waals surface area contributed by atoms with Gasteiger partial charge in [0.15, 0.2) is 6.19 Å². The highest BCUT2D eigenvalue weighted by molar-refractivity contribution is 8.45. The van der Waals surface area contributed by atoms with Crippen molar-refractivity contribution in [1.82, 2.24) is 20.5 Å². The summed E-state index contributed by atoms with van der Waals surface area (Å²) in [6, 6.07) is 4.95. The van der Waals surface area contributed by atoms with Crippen LogP contribution in [0.15, 0.2) is 53.7 Å². The molecule has 2 aliphatic rings. The third-order valence-electron chi connectivity index (χ3n) is 7.71. The average molecular weight is 647 g/mol. The summed E-state index contributed by atoms with van der Waals surface area (Å²) >= 11 is 0. The number of likely N-dealkylation sites (N-methyl/N-ethyl adjacent to an activating group) is 1. The third-order valence-corrected chi connectivity index (χ3v) is 8.87. The fraction of sp³-hybridized carbons (Fsp3) is 0.517. The number of carbonyl (C=O) groups is 2. The first-order valence-corrected chi connectivity index (χ1v) is 16.2. The summed E-state index contributed by atoms with van der Waals surface area (Å²) in [4.78, 5) is 28.5. The molecule has 4 atom stereocenters. The van der Waals surface area contributed by atoms with Gasteiger partial charge in [-0.15, -0.1) is 0 Å². The number of ether oxygens (including phenoxy) is 1. The molecule has 244 valence electrons. The van der Waals surface area contributed by atoms with Gasteiger partial charge in [-0.05, 0) is 50.1 Å². The van der Waals surface area contributed by atoms with Gasteiger partial charge in [0, 0.05) is 62.9 Å². The number of aldehydes is 1. The Balaban J connectivity index is 0.000000404. The van der Waals surface area contributed by atoms with Gasteiger partial charge in [-0.3, -0.25) is 14.7 Å². The maximum absolute atomic E-state index is 13.2. The molecule has 1 aliphatic carbocycles. The van der Waals surface area contributed by atoms with Gasteiger partial charge in [-0.25, -0.2) is 0 Å². The molecule has 2 N–H and O–H groups in total. The molecule has 1 aliphatic heterocycles. The Kier molecular flexibility index (Phi) is 10.9. The maximum Gasteiger partial charge on any atom is 0.310 e. The Morgan fingerprint density at radius 3 is 2.36 bits per heavy atom.